The first-order valence-corrected chi connectivity index (χ1v) is 7.54. The highest BCUT2D eigenvalue weighted by Crippen LogP contribution is 2.35. The predicted octanol–water partition coefficient (Wildman–Crippen LogP) is 2.16. The maximum absolute atomic E-state index is 11.6. The van der Waals surface area contributed by atoms with Gasteiger partial charge in [0.05, 0.1) is 0 Å². The van der Waals surface area contributed by atoms with Crippen LogP contribution in [0.3, 0.4) is 0 Å². The summed E-state index contributed by atoms with van der Waals surface area (Å²) in [6.07, 6.45) is 8.50. The van der Waals surface area contributed by atoms with Crippen LogP contribution in [0.1, 0.15) is 45.4 Å². The summed E-state index contributed by atoms with van der Waals surface area (Å²) in [7, 11) is 2.20. The van der Waals surface area contributed by atoms with Crippen molar-refractivity contribution in [3.63, 3.8) is 0 Å². The Labute approximate surface area is 112 Å². The van der Waals surface area contributed by atoms with Gasteiger partial charge >= 0.3 is 0 Å². The van der Waals surface area contributed by atoms with E-state index in [0.29, 0.717) is 6.04 Å². The van der Waals surface area contributed by atoms with Crippen LogP contribution in [0.5, 0.6) is 0 Å². The number of likely N-dealkylation sites (N-methyl/N-ethyl adjacent to an activating group) is 1. The second kappa shape index (κ2) is 6.16. The van der Waals surface area contributed by atoms with E-state index in [9.17, 15) is 4.79 Å². The molecule has 2 rings (SSSR count). The highest BCUT2D eigenvalue weighted by Gasteiger charge is 2.35. The lowest BCUT2D eigenvalue weighted by Crippen LogP contribution is -2.46. The van der Waals surface area contributed by atoms with Gasteiger partial charge in [-0.1, -0.05) is 19.3 Å². The average molecular weight is 252 g/mol. The number of aldehydes is 1. The van der Waals surface area contributed by atoms with Gasteiger partial charge in [0.2, 0.25) is 0 Å². The first-order chi connectivity index (χ1) is 8.65. The maximum atomic E-state index is 11.6. The van der Waals surface area contributed by atoms with Crippen LogP contribution in [0.2, 0.25) is 0 Å². The van der Waals surface area contributed by atoms with E-state index in [1.165, 1.54) is 38.5 Å². The molecule has 3 heteroatoms. The van der Waals surface area contributed by atoms with Crippen molar-refractivity contribution in [2.24, 2.45) is 5.41 Å². The summed E-state index contributed by atoms with van der Waals surface area (Å²) in [5, 5.41) is 0. The number of carbonyl (C=O) groups excluding carboxylic acids is 1. The molecule has 0 aromatic rings. The van der Waals surface area contributed by atoms with Crippen molar-refractivity contribution in [1.29, 1.82) is 0 Å². The Balaban J connectivity index is 1.99. The molecule has 104 valence electrons. The molecule has 0 amide bonds. The van der Waals surface area contributed by atoms with Gasteiger partial charge in [-0.15, -0.1) is 0 Å². The van der Waals surface area contributed by atoms with Crippen molar-refractivity contribution >= 4 is 6.29 Å². The summed E-state index contributed by atoms with van der Waals surface area (Å²) in [5.74, 6) is 0. The van der Waals surface area contributed by atoms with Gasteiger partial charge < -0.3 is 9.69 Å². The molecule has 2 aliphatic rings. The van der Waals surface area contributed by atoms with E-state index in [1.807, 2.05) is 0 Å². The van der Waals surface area contributed by atoms with Crippen molar-refractivity contribution in [2.75, 3.05) is 33.2 Å². The maximum Gasteiger partial charge on any atom is 0.127 e. The molecule has 0 N–H and O–H groups in total. The monoisotopic (exact) mass is 252 g/mol. The molecule has 0 radical (unpaired) electrons. The smallest absolute Gasteiger partial charge is 0.127 e. The lowest BCUT2D eigenvalue weighted by molar-refractivity contribution is -0.119. The predicted molar refractivity (Wildman–Crippen MR) is 74.7 cm³/mol. The van der Waals surface area contributed by atoms with Gasteiger partial charge in [0.25, 0.3) is 0 Å². The van der Waals surface area contributed by atoms with Gasteiger partial charge in [-0.2, -0.15) is 0 Å². The molecule has 1 saturated carbocycles. The third-order valence-electron chi connectivity index (χ3n) is 4.80. The molecule has 0 spiro atoms. The Morgan fingerprint density at radius 3 is 2.56 bits per heavy atom. The van der Waals surface area contributed by atoms with Crippen LogP contribution in [0, 0.1) is 5.41 Å². The molecule has 3 nitrogen and oxygen atoms in total. The van der Waals surface area contributed by atoms with Crippen molar-refractivity contribution in [3.8, 4) is 0 Å². The Kier molecular flexibility index (Phi) is 4.79. The Hall–Kier alpha value is -0.410. The molecule has 1 heterocycles. The summed E-state index contributed by atoms with van der Waals surface area (Å²) >= 11 is 0. The van der Waals surface area contributed by atoms with E-state index in [0.717, 1.165) is 32.5 Å². The van der Waals surface area contributed by atoms with Gasteiger partial charge in [-0.25, -0.2) is 0 Å². The number of rotatable bonds is 3. The lowest BCUT2D eigenvalue weighted by Gasteiger charge is -2.39. The molecule has 1 aliphatic heterocycles. The SMILES string of the molecule is CC1CN(C)CCCN1CC1(C=O)CCCCC1. The van der Waals surface area contributed by atoms with Crippen LogP contribution in [0.4, 0.5) is 0 Å². The van der Waals surface area contributed by atoms with E-state index >= 15 is 0 Å². The summed E-state index contributed by atoms with van der Waals surface area (Å²) in [6, 6.07) is 0.580. The van der Waals surface area contributed by atoms with E-state index in [-0.39, 0.29) is 5.41 Å². The minimum absolute atomic E-state index is 0.0323. The average Bonchev–Trinajstić information content (AvgIpc) is 2.52. The fourth-order valence-electron chi connectivity index (χ4n) is 3.63. The molecule has 2 fully saturated rings. The number of hydrogen-bond donors (Lipinski definition) is 0. The van der Waals surface area contributed by atoms with Gasteiger partial charge in [0.1, 0.15) is 6.29 Å². The highest BCUT2D eigenvalue weighted by atomic mass is 16.1. The Bertz CT molecular complexity index is 274. The highest BCUT2D eigenvalue weighted by molar-refractivity contribution is 5.60. The van der Waals surface area contributed by atoms with Crippen molar-refractivity contribution in [2.45, 2.75) is 51.5 Å². The van der Waals surface area contributed by atoms with Gasteiger partial charge in [-0.3, -0.25) is 4.90 Å². The van der Waals surface area contributed by atoms with Crippen LogP contribution in [-0.4, -0.2) is 55.4 Å². The molecular weight excluding hydrogens is 224 g/mol. The van der Waals surface area contributed by atoms with Gasteiger partial charge in [0.15, 0.2) is 0 Å². The molecule has 0 aromatic carbocycles. The molecule has 1 atom stereocenters. The zero-order valence-corrected chi connectivity index (χ0v) is 12.0. The van der Waals surface area contributed by atoms with Crippen molar-refractivity contribution in [3.05, 3.63) is 0 Å². The van der Waals surface area contributed by atoms with Crippen LogP contribution in [0.25, 0.3) is 0 Å². The third kappa shape index (κ3) is 3.33. The second-order valence-corrected chi connectivity index (χ2v) is 6.48. The largest absolute Gasteiger partial charge is 0.305 e. The minimum atomic E-state index is -0.0323. The van der Waals surface area contributed by atoms with Crippen LogP contribution >= 0.6 is 0 Å². The fourth-order valence-corrected chi connectivity index (χ4v) is 3.63. The number of carbonyl (C=O) groups is 1. The summed E-state index contributed by atoms with van der Waals surface area (Å²) in [6.45, 7) is 6.78. The molecule has 0 bridgehead atoms. The first kappa shape index (κ1) is 14.0. The standard InChI is InChI=1S/C15H28N2O/c1-14-11-16(2)9-6-10-17(14)12-15(13-18)7-4-3-5-8-15/h13-14H,3-12H2,1-2H3. The van der Waals surface area contributed by atoms with E-state index in [2.05, 4.69) is 23.8 Å². The fraction of sp³-hybridized carbons (Fsp3) is 0.933. The zero-order valence-electron chi connectivity index (χ0n) is 12.0. The van der Waals surface area contributed by atoms with Crippen LogP contribution < -0.4 is 0 Å². The first-order valence-electron chi connectivity index (χ1n) is 7.54. The molecule has 18 heavy (non-hydrogen) atoms. The molecule has 1 saturated heterocycles. The Morgan fingerprint density at radius 1 is 1.17 bits per heavy atom. The Morgan fingerprint density at radius 2 is 1.89 bits per heavy atom. The quantitative estimate of drug-likeness (QED) is 0.719. The number of nitrogens with zero attached hydrogens (tertiary/aromatic N) is 2. The molecular formula is C15H28N2O. The van der Waals surface area contributed by atoms with Crippen LogP contribution in [-0.2, 0) is 4.79 Å². The molecule has 1 aliphatic carbocycles. The summed E-state index contributed by atoms with van der Waals surface area (Å²) < 4.78 is 0. The third-order valence-corrected chi connectivity index (χ3v) is 4.80. The van der Waals surface area contributed by atoms with Gasteiger partial charge in [-0.05, 0) is 46.3 Å². The van der Waals surface area contributed by atoms with E-state index in [4.69, 9.17) is 0 Å². The van der Waals surface area contributed by atoms with Gasteiger partial charge in [0, 0.05) is 24.5 Å². The summed E-state index contributed by atoms with van der Waals surface area (Å²) in [4.78, 5) is 16.5. The van der Waals surface area contributed by atoms with E-state index < -0.39 is 0 Å². The van der Waals surface area contributed by atoms with Crippen LogP contribution in [0.15, 0.2) is 0 Å². The molecule has 1 unspecified atom stereocenters. The second-order valence-electron chi connectivity index (χ2n) is 6.48. The zero-order chi connectivity index (χ0) is 13.0. The number of hydrogen-bond acceptors (Lipinski definition) is 3. The van der Waals surface area contributed by atoms with Crippen molar-refractivity contribution < 1.29 is 4.79 Å². The molecule has 0 aromatic heterocycles. The lowest BCUT2D eigenvalue weighted by atomic mass is 9.74. The normalized spacial score (nSPS) is 30.9. The summed E-state index contributed by atoms with van der Waals surface area (Å²) in [5.41, 5.74) is -0.0323. The van der Waals surface area contributed by atoms with Crippen molar-refractivity contribution in [1.82, 2.24) is 9.80 Å². The van der Waals surface area contributed by atoms with E-state index in [1.54, 1.807) is 0 Å². The topological polar surface area (TPSA) is 23.6 Å². The minimum Gasteiger partial charge on any atom is -0.305 e.